The molecule has 0 bridgehead atoms. The molecule has 7 heteroatoms. The number of aromatic amines is 1. The number of carbonyl (C=O) groups excluding carboxylic acids is 1. The summed E-state index contributed by atoms with van der Waals surface area (Å²) in [5.41, 5.74) is -0.164. The minimum absolute atomic E-state index is 0.153. The molecule has 0 radical (unpaired) electrons. The zero-order chi connectivity index (χ0) is 15.6. The zero-order valence-corrected chi connectivity index (χ0v) is 13.8. The second-order valence-electron chi connectivity index (χ2n) is 5.97. The number of aryl methyl sites for hydroxylation is 1. The molecule has 0 spiro atoms. The fourth-order valence-electron chi connectivity index (χ4n) is 1.71. The van der Waals surface area contributed by atoms with Crippen molar-refractivity contribution in [3.63, 3.8) is 0 Å². The molecular formula is C14H21N5OS. The summed E-state index contributed by atoms with van der Waals surface area (Å²) in [7, 11) is 0. The van der Waals surface area contributed by atoms with Gasteiger partial charge in [-0.2, -0.15) is 0 Å². The van der Waals surface area contributed by atoms with Crippen LogP contribution < -0.4 is 5.32 Å². The van der Waals surface area contributed by atoms with E-state index >= 15 is 0 Å². The van der Waals surface area contributed by atoms with Crippen LogP contribution in [0.1, 0.15) is 67.0 Å². The summed E-state index contributed by atoms with van der Waals surface area (Å²) in [5, 5.41) is 10.6. The van der Waals surface area contributed by atoms with E-state index in [1.807, 2.05) is 33.9 Å². The lowest BCUT2D eigenvalue weighted by atomic mass is 9.96. The monoisotopic (exact) mass is 307 g/mol. The number of nitrogens with one attached hydrogen (secondary N) is 2. The summed E-state index contributed by atoms with van der Waals surface area (Å²) in [4.78, 5) is 22.0. The zero-order valence-electron chi connectivity index (χ0n) is 13.0. The van der Waals surface area contributed by atoms with Gasteiger partial charge in [-0.1, -0.05) is 27.7 Å². The topological polar surface area (TPSA) is 83.6 Å². The first-order valence-corrected chi connectivity index (χ1v) is 7.81. The van der Waals surface area contributed by atoms with Gasteiger partial charge in [0, 0.05) is 16.5 Å². The van der Waals surface area contributed by atoms with Crippen LogP contribution in [0.5, 0.6) is 0 Å². The van der Waals surface area contributed by atoms with Crippen LogP contribution in [0.15, 0.2) is 6.20 Å². The lowest BCUT2D eigenvalue weighted by Crippen LogP contribution is -2.27. The molecule has 1 amide bonds. The van der Waals surface area contributed by atoms with E-state index in [4.69, 9.17) is 0 Å². The van der Waals surface area contributed by atoms with Gasteiger partial charge in [-0.25, -0.2) is 9.97 Å². The lowest BCUT2D eigenvalue weighted by molar-refractivity contribution is 0.0929. The summed E-state index contributed by atoms with van der Waals surface area (Å²) in [6.45, 7) is 10.0. The number of hydrogen-bond donors (Lipinski definition) is 2. The van der Waals surface area contributed by atoms with Gasteiger partial charge < -0.3 is 5.32 Å². The maximum atomic E-state index is 12.2. The third-order valence-electron chi connectivity index (χ3n) is 3.04. The second kappa shape index (κ2) is 5.93. The van der Waals surface area contributed by atoms with Gasteiger partial charge >= 0.3 is 0 Å². The predicted octanol–water partition coefficient (Wildman–Crippen LogP) is 2.61. The van der Waals surface area contributed by atoms with Gasteiger partial charge in [0.15, 0.2) is 0 Å². The maximum absolute atomic E-state index is 12.2. The number of aromatic nitrogens is 4. The molecule has 1 atom stereocenters. The quantitative estimate of drug-likeness (QED) is 0.909. The SMILES string of the molecule is CCc1cnc(C(C)NC(=O)c2n[nH]c(C(C)(C)C)n2)s1. The normalized spacial score (nSPS) is 13.2. The van der Waals surface area contributed by atoms with E-state index < -0.39 is 0 Å². The van der Waals surface area contributed by atoms with Crippen LogP contribution in [0.25, 0.3) is 0 Å². The average molecular weight is 307 g/mol. The molecule has 1 unspecified atom stereocenters. The van der Waals surface area contributed by atoms with Crippen LogP contribution in [0, 0.1) is 0 Å². The molecule has 2 aromatic heterocycles. The van der Waals surface area contributed by atoms with E-state index in [2.05, 4.69) is 32.4 Å². The van der Waals surface area contributed by atoms with E-state index in [9.17, 15) is 4.79 Å². The Bertz CT molecular complexity index is 625. The summed E-state index contributed by atoms with van der Waals surface area (Å²) in [6.07, 6.45) is 2.81. The van der Waals surface area contributed by atoms with E-state index in [0.717, 1.165) is 11.4 Å². The molecule has 0 saturated heterocycles. The highest BCUT2D eigenvalue weighted by Crippen LogP contribution is 2.21. The van der Waals surface area contributed by atoms with Gasteiger partial charge in [-0.3, -0.25) is 9.89 Å². The van der Waals surface area contributed by atoms with Crippen molar-refractivity contribution in [3.05, 3.63) is 27.7 Å². The smallest absolute Gasteiger partial charge is 0.291 e. The molecule has 0 aliphatic rings. The largest absolute Gasteiger partial charge is 0.340 e. The van der Waals surface area contributed by atoms with Crippen molar-refractivity contribution in [2.24, 2.45) is 0 Å². The first-order valence-electron chi connectivity index (χ1n) is 6.99. The molecule has 2 heterocycles. The van der Waals surface area contributed by atoms with Crippen LogP contribution in [0.2, 0.25) is 0 Å². The highest BCUT2D eigenvalue weighted by molar-refractivity contribution is 7.11. The average Bonchev–Trinajstić information content (AvgIpc) is 3.07. The summed E-state index contributed by atoms with van der Waals surface area (Å²) in [5.74, 6) is 0.573. The van der Waals surface area contributed by atoms with Crippen LogP contribution in [-0.2, 0) is 11.8 Å². The molecule has 6 nitrogen and oxygen atoms in total. The number of amides is 1. The van der Waals surface area contributed by atoms with Crippen LogP contribution in [0.4, 0.5) is 0 Å². The molecular weight excluding hydrogens is 286 g/mol. The summed E-state index contributed by atoms with van der Waals surface area (Å²) < 4.78 is 0. The van der Waals surface area contributed by atoms with E-state index in [1.54, 1.807) is 11.3 Å². The molecule has 0 fully saturated rings. The van der Waals surface area contributed by atoms with Gasteiger partial charge in [-0.15, -0.1) is 16.4 Å². The molecule has 2 rings (SSSR count). The highest BCUT2D eigenvalue weighted by atomic mass is 32.1. The van der Waals surface area contributed by atoms with Crippen molar-refractivity contribution >= 4 is 17.2 Å². The van der Waals surface area contributed by atoms with Crippen molar-refractivity contribution in [3.8, 4) is 0 Å². The van der Waals surface area contributed by atoms with Crippen molar-refractivity contribution in [1.29, 1.82) is 0 Å². The molecule has 0 saturated carbocycles. The van der Waals surface area contributed by atoms with Crippen molar-refractivity contribution < 1.29 is 4.79 Å². The number of hydrogen-bond acceptors (Lipinski definition) is 5. The summed E-state index contributed by atoms with van der Waals surface area (Å²) in [6, 6.07) is -0.153. The molecule has 0 aliphatic carbocycles. The summed E-state index contributed by atoms with van der Waals surface area (Å²) >= 11 is 1.61. The van der Waals surface area contributed by atoms with Gasteiger partial charge in [0.2, 0.25) is 5.82 Å². The van der Waals surface area contributed by atoms with Crippen molar-refractivity contribution in [1.82, 2.24) is 25.5 Å². The van der Waals surface area contributed by atoms with E-state index in [1.165, 1.54) is 4.88 Å². The first-order chi connectivity index (χ1) is 9.81. The Kier molecular flexibility index (Phi) is 4.41. The van der Waals surface area contributed by atoms with Crippen LogP contribution in [0.3, 0.4) is 0 Å². The van der Waals surface area contributed by atoms with Crippen LogP contribution >= 0.6 is 11.3 Å². The Labute approximate surface area is 128 Å². The fourth-order valence-corrected chi connectivity index (χ4v) is 2.57. The number of H-pyrrole nitrogens is 1. The molecule has 2 aromatic rings. The van der Waals surface area contributed by atoms with Gasteiger partial charge in [0.25, 0.3) is 5.91 Å². The molecule has 114 valence electrons. The fraction of sp³-hybridized carbons (Fsp3) is 0.571. The van der Waals surface area contributed by atoms with Crippen LogP contribution in [-0.4, -0.2) is 26.1 Å². The third-order valence-corrected chi connectivity index (χ3v) is 4.36. The molecule has 0 aromatic carbocycles. The highest BCUT2D eigenvalue weighted by Gasteiger charge is 2.22. The van der Waals surface area contributed by atoms with E-state index in [-0.39, 0.29) is 23.2 Å². The minimum atomic E-state index is -0.289. The molecule has 21 heavy (non-hydrogen) atoms. The van der Waals surface area contributed by atoms with Crippen molar-refractivity contribution in [2.75, 3.05) is 0 Å². The Morgan fingerprint density at radius 1 is 1.48 bits per heavy atom. The number of rotatable bonds is 4. The van der Waals surface area contributed by atoms with Crippen molar-refractivity contribution in [2.45, 2.75) is 52.5 Å². The Morgan fingerprint density at radius 3 is 2.71 bits per heavy atom. The maximum Gasteiger partial charge on any atom is 0.291 e. The first kappa shape index (κ1) is 15.6. The van der Waals surface area contributed by atoms with E-state index in [0.29, 0.717) is 5.82 Å². The number of nitrogens with zero attached hydrogens (tertiary/aromatic N) is 3. The Hall–Kier alpha value is -1.76. The third kappa shape index (κ3) is 3.66. The standard InChI is InChI=1S/C14H21N5OS/c1-6-9-7-15-12(21-9)8(2)16-11(20)10-17-13(19-18-10)14(3,4)5/h7-8H,6H2,1-5H3,(H,16,20)(H,17,18,19). The second-order valence-corrected chi connectivity index (χ2v) is 7.12. The van der Waals surface area contributed by atoms with Gasteiger partial charge in [0.05, 0.1) is 6.04 Å². The predicted molar refractivity (Wildman–Crippen MR) is 82.5 cm³/mol. The molecule has 2 N–H and O–H groups in total. The van der Waals surface area contributed by atoms with Gasteiger partial charge in [-0.05, 0) is 13.3 Å². The minimum Gasteiger partial charge on any atom is -0.340 e. The molecule has 0 aliphatic heterocycles. The Morgan fingerprint density at radius 2 is 2.19 bits per heavy atom. The number of carbonyl (C=O) groups is 1. The number of thiazole rings is 1. The van der Waals surface area contributed by atoms with Gasteiger partial charge in [0.1, 0.15) is 10.8 Å². The Balaban J connectivity index is 2.05. The lowest BCUT2D eigenvalue weighted by Gasteiger charge is -2.13.